The number of hydrogen-bond acceptors (Lipinski definition) is 4. The molecule has 1 saturated heterocycles. The number of ether oxygens (including phenoxy) is 1. The first-order chi connectivity index (χ1) is 11.1. The molecule has 0 saturated carbocycles. The summed E-state index contributed by atoms with van der Waals surface area (Å²) in [6, 6.07) is 5.05. The number of aromatic nitrogens is 3. The highest BCUT2D eigenvalue weighted by atomic mass is 31.0. The molecule has 1 aliphatic rings. The fourth-order valence-corrected chi connectivity index (χ4v) is 3.08. The van der Waals surface area contributed by atoms with Crippen LogP contribution in [0.4, 0.5) is 4.39 Å². The molecule has 1 aliphatic heterocycles. The molecule has 3 atom stereocenters. The molecule has 1 aromatic carbocycles. The van der Waals surface area contributed by atoms with E-state index < -0.39 is 5.60 Å². The van der Waals surface area contributed by atoms with Gasteiger partial charge in [-0.15, -0.1) is 9.24 Å². The van der Waals surface area contributed by atoms with Crippen LogP contribution in [0.5, 0.6) is 0 Å². The van der Waals surface area contributed by atoms with E-state index in [-0.39, 0.29) is 18.3 Å². The van der Waals surface area contributed by atoms with Crippen molar-refractivity contribution in [2.75, 3.05) is 13.2 Å². The molecule has 1 fully saturated rings. The average molecular weight is 339 g/mol. The van der Waals surface area contributed by atoms with Crippen molar-refractivity contribution in [3.05, 3.63) is 42.2 Å². The normalized spacial score (nSPS) is 23.4. The highest BCUT2D eigenvalue weighted by molar-refractivity contribution is 7.27. The number of aliphatic hydroxyl groups is 1. The minimum absolute atomic E-state index is 0.00333. The molecular weight excluding hydrogens is 316 g/mol. The Morgan fingerprint density at radius 3 is 2.83 bits per heavy atom. The maximum absolute atomic E-state index is 14.4. The zero-order valence-electron chi connectivity index (χ0n) is 13.4. The van der Waals surface area contributed by atoms with Crippen molar-refractivity contribution in [2.45, 2.75) is 32.4 Å². The van der Waals surface area contributed by atoms with Gasteiger partial charge in [-0.25, -0.2) is 14.1 Å². The maximum Gasteiger partial charge on any atom is 0.137 e. The summed E-state index contributed by atoms with van der Waals surface area (Å²) in [7, 11) is 2.48. The number of halogens is 1. The van der Waals surface area contributed by atoms with E-state index in [2.05, 4.69) is 19.3 Å². The van der Waals surface area contributed by atoms with Crippen LogP contribution in [-0.2, 0) is 16.9 Å². The molecule has 7 heteroatoms. The van der Waals surface area contributed by atoms with Gasteiger partial charge in [-0.3, -0.25) is 0 Å². The summed E-state index contributed by atoms with van der Waals surface area (Å²) in [5, 5.41) is 14.2. The number of rotatable bonds is 4. The van der Waals surface area contributed by atoms with Crippen LogP contribution in [0.1, 0.15) is 25.8 Å². The molecule has 23 heavy (non-hydrogen) atoms. The van der Waals surface area contributed by atoms with E-state index in [0.717, 1.165) is 5.30 Å². The number of benzene rings is 1. The van der Waals surface area contributed by atoms with Crippen LogP contribution >= 0.6 is 9.24 Å². The van der Waals surface area contributed by atoms with Crippen molar-refractivity contribution in [1.82, 2.24) is 14.8 Å². The lowest BCUT2D eigenvalue weighted by Gasteiger charge is -2.29. The fourth-order valence-electron chi connectivity index (χ4n) is 2.84. The van der Waals surface area contributed by atoms with Crippen LogP contribution in [0.2, 0.25) is 0 Å². The Morgan fingerprint density at radius 1 is 1.48 bits per heavy atom. The van der Waals surface area contributed by atoms with Crippen LogP contribution in [0, 0.1) is 11.7 Å². The Morgan fingerprint density at radius 2 is 2.26 bits per heavy atom. The molecule has 126 valence electrons. The highest BCUT2D eigenvalue weighted by Crippen LogP contribution is 2.41. The quantitative estimate of drug-likeness (QED) is 0.864. The molecule has 0 bridgehead atoms. The molecule has 1 N–H and O–H groups in total. The van der Waals surface area contributed by atoms with E-state index in [1.165, 1.54) is 12.4 Å². The van der Waals surface area contributed by atoms with Crippen LogP contribution in [0.15, 0.2) is 30.9 Å². The van der Waals surface area contributed by atoms with Gasteiger partial charge in [0.05, 0.1) is 13.2 Å². The predicted molar refractivity (Wildman–Crippen MR) is 89.9 cm³/mol. The summed E-state index contributed by atoms with van der Waals surface area (Å²) in [5.74, 6) is -0.301. The third-order valence-electron chi connectivity index (χ3n) is 3.84. The molecule has 0 spiro atoms. The Labute approximate surface area is 138 Å². The zero-order chi connectivity index (χ0) is 16.9. The van der Waals surface area contributed by atoms with Gasteiger partial charge in [-0.05, 0) is 17.8 Å². The molecule has 2 heterocycles. The van der Waals surface area contributed by atoms with E-state index in [9.17, 15) is 9.50 Å². The molecule has 1 aromatic heterocycles. The second-order valence-electron chi connectivity index (χ2n) is 5.39. The molecule has 0 aliphatic carbocycles. The first kappa shape index (κ1) is 18.0. The SMILES string of the molecule is CC.OC[C@@H]1CO[C@](Cn2cncn2)(c2ccc(P)cc2F)C1. The lowest BCUT2D eigenvalue weighted by atomic mass is 9.87. The molecular formula is C16H23FN3O2P. The molecule has 0 radical (unpaired) electrons. The smallest absolute Gasteiger partial charge is 0.137 e. The minimum atomic E-state index is -0.816. The largest absolute Gasteiger partial charge is 0.396 e. The molecule has 3 rings (SSSR count). The predicted octanol–water partition coefficient (Wildman–Crippen LogP) is 1.87. The average Bonchev–Trinajstić information content (AvgIpc) is 3.20. The van der Waals surface area contributed by atoms with Gasteiger partial charge in [0.2, 0.25) is 0 Å². The summed E-state index contributed by atoms with van der Waals surface area (Å²) >= 11 is 0. The lowest BCUT2D eigenvalue weighted by molar-refractivity contribution is -0.0206. The Kier molecular flexibility index (Phi) is 6.22. The fraction of sp³-hybridized carbons (Fsp3) is 0.500. The summed E-state index contributed by atoms with van der Waals surface area (Å²) in [6.45, 7) is 4.81. The van der Waals surface area contributed by atoms with Gasteiger partial charge in [0, 0.05) is 18.1 Å². The molecule has 1 unspecified atom stereocenters. The highest BCUT2D eigenvalue weighted by Gasteiger charge is 2.44. The van der Waals surface area contributed by atoms with E-state index in [4.69, 9.17) is 4.74 Å². The van der Waals surface area contributed by atoms with E-state index >= 15 is 0 Å². The van der Waals surface area contributed by atoms with Crippen molar-refractivity contribution in [2.24, 2.45) is 5.92 Å². The van der Waals surface area contributed by atoms with E-state index in [0.29, 0.717) is 25.1 Å². The first-order valence-corrected chi connectivity index (χ1v) is 8.33. The van der Waals surface area contributed by atoms with Crippen LogP contribution in [0.3, 0.4) is 0 Å². The Balaban J connectivity index is 0.000000924. The number of aliphatic hydroxyl groups excluding tert-OH is 1. The standard InChI is InChI=1S/C14H17FN3O2P.C2H6/c15-13-3-11(21)1-2-12(13)14(4-10(5-19)6-20-14)7-18-9-16-8-17-18;1-2/h1-3,8-10,19H,4-7,21H2;1-2H3/t10-,14-;/m1./s1. The number of nitrogens with zero attached hydrogens (tertiary/aromatic N) is 3. The van der Waals surface area contributed by atoms with Crippen LogP contribution < -0.4 is 5.30 Å². The lowest BCUT2D eigenvalue weighted by Crippen LogP contribution is -2.33. The third kappa shape index (κ3) is 3.94. The van der Waals surface area contributed by atoms with Gasteiger partial charge in [-0.1, -0.05) is 26.0 Å². The second kappa shape index (κ2) is 7.95. The van der Waals surface area contributed by atoms with Gasteiger partial charge in [-0.2, -0.15) is 5.10 Å². The van der Waals surface area contributed by atoms with Gasteiger partial charge in [0.15, 0.2) is 0 Å². The van der Waals surface area contributed by atoms with Crippen molar-refractivity contribution < 1.29 is 14.2 Å². The monoisotopic (exact) mass is 339 g/mol. The van der Waals surface area contributed by atoms with Crippen molar-refractivity contribution in [3.63, 3.8) is 0 Å². The van der Waals surface area contributed by atoms with Gasteiger partial charge in [0.1, 0.15) is 24.1 Å². The molecule has 5 nitrogen and oxygen atoms in total. The van der Waals surface area contributed by atoms with Crippen molar-refractivity contribution in [1.29, 1.82) is 0 Å². The van der Waals surface area contributed by atoms with Gasteiger partial charge < -0.3 is 9.84 Å². The third-order valence-corrected chi connectivity index (χ3v) is 4.20. The Hall–Kier alpha value is -1.36. The van der Waals surface area contributed by atoms with Crippen molar-refractivity contribution >= 4 is 14.5 Å². The summed E-state index contributed by atoms with van der Waals surface area (Å²) in [5.41, 5.74) is -0.316. The minimum Gasteiger partial charge on any atom is -0.396 e. The summed E-state index contributed by atoms with van der Waals surface area (Å²) < 4.78 is 22.0. The van der Waals surface area contributed by atoms with Crippen molar-refractivity contribution in [3.8, 4) is 0 Å². The summed E-state index contributed by atoms with van der Waals surface area (Å²) in [6.07, 6.45) is 3.57. The summed E-state index contributed by atoms with van der Waals surface area (Å²) in [4.78, 5) is 3.91. The van der Waals surface area contributed by atoms with Crippen LogP contribution in [0.25, 0.3) is 0 Å². The second-order valence-corrected chi connectivity index (χ2v) is 6.06. The van der Waals surface area contributed by atoms with Gasteiger partial charge >= 0.3 is 0 Å². The molecule has 2 aromatic rings. The zero-order valence-corrected chi connectivity index (χ0v) is 14.6. The topological polar surface area (TPSA) is 60.2 Å². The number of hydrogen-bond donors (Lipinski definition) is 1. The Bertz CT molecular complexity index is 624. The first-order valence-electron chi connectivity index (χ1n) is 7.76. The maximum atomic E-state index is 14.4. The van der Waals surface area contributed by atoms with Gasteiger partial charge in [0.25, 0.3) is 0 Å². The van der Waals surface area contributed by atoms with E-state index in [1.54, 1.807) is 17.1 Å². The van der Waals surface area contributed by atoms with Crippen LogP contribution in [-0.4, -0.2) is 33.1 Å². The molecule has 0 amide bonds. The van der Waals surface area contributed by atoms with E-state index in [1.807, 2.05) is 19.9 Å².